The van der Waals surface area contributed by atoms with Crippen molar-refractivity contribution < 1.29 is 8.42 Å². The van der Waals surface area contributed by atoms with Crippen LogP contribution in [0.15, 0.2) is 51.7 Å². The highest BCUT2D eigenvalue weighted by Gasteiger charge is 2.07. The maximum Gasteiger partial charge on any atom is 0.238 e. The van der Waals surface area contributed by atoms with Gasteiger partial charge >= 0.3 is 0 Å². The van der Waals surface area contributed by atoms with Crippen molar-refractivity contribution >= 4 is 27.3 Å². The second kappa shape index (κ2) is 8.09. The summed E-state index contributed by atoms with van der Waals surface area (Å²) in [6, 6.07) is 10.6. The zero-order chi connectivity index (χ0) is 16.7. The van der Waals surface area contributed by atoms with Crippen LogP contribution in [0.5, 0.6) is 0 Å². The van der Waals surface area contributed by atoms with Crippen LogP contribution < -0.4 is 15.8 Å². The summed E-state index contributed by atoms with van der Waals surface area (Å²) < 4.78 is 22.8. The summed E-state index contributed by atoms with van der Waals surface area (Å²) in [5, 5.41) is 13.6. The van der Waals surface area contributed by atoms with Crippen molar-refractivity contribution in [3.8, 4) is 0 Å². The van der Waals surface area contributed by atoms with Gasteiger partial charge in [0.1, 0.15) is 0 Å². The predicted octanol–water partition coefficient (Wildman–Crippen LogP) is 1.65. The van der Waals surface area contributed by atoms with E-state index in [4.69, 9.17) is 5.14 Å². The Morgan fingerprint density at radius 3 is 2.74 bits per heavy atom. The predicted molar refractivity (Wildman–Crippen MR) is 93.8 cm³/mol. The Kier molecular flexibility index (Phi) is 6.14. The van der Waals surface area contributed by atoms with Crippen LogP contribution in [0, 0.1) is 0 Å². The smallest absolute Gasteiger partial charge is 0.238 e. The van der Waals surface area contributed by atoms with E-state index in [9.17, 15) is 8.42 Å². The van der Waals surface area contributed by atoms with Crippen LogP contribution in [0.4, 0.5) is 0 Å². The Morgan fingerprint density at radius 2 is 2.09 bits per heavy atom. The molecule has 0 amide bonds. The van der Waals surface area contributed by atoms with Crippen molar-refractivity contribution in [1.29, 1.82) is 0 Å². The minimum absolute atomic E-state index is 0.0988. The van der Waals surface area contributed by atoms with Crippen LogP contribution in [0.25, 0.3) is 0 Å². The molecule has 0 saturated carbocycles. The molecule has 0 aliphatic rings. The molecule has 0 unspecified atom stereocenters. The van der Waals surface area contributed by atoms with Gasteiger partial charge in [0, 0.05) is 11.4 Å². The lowest BCUT2D eigenvalue weighted by atomic mass is 10.2. The van der Waals surface area contributed by atoms with Gasteiger partial charge in [-0.25, -0.2) is 18.5 Å². The summed E-state index contributed by atoms with van der Waals surface area (Å²) in [6.07, 6.45) is 0. The Hall–Kier alpha value is -1.90. The lowest BCUT2D eigenvalue weighted by Crippen LogP contribution is -2.36. The molecule has 0 aliphatic heterocycles. The molecule has 0 atom stereocenters. The minimum atomic E-state index is -3.69. The number of benzene rings is 1. The van der Waals surface area contributed by atoms with E-state index in [2.05, 4.69) is 21.7 Å². The molecule has 0 bridgehead atoms. The van der Waals surface area contributed by atoms with Crippen molar-refractivity contribution in [1.82, 2.24) is 10.6 Å². The largest absolute Gasteiger partial charge is 0.357 e. The molecule has 2 rings (SSSR count). The number of nitrogens with two attached hydrogens (primary N) is 1. The first-order valence-corrected chi connectivity index (χ1v) is 9.58. The number of rotatable bonds is 6. The van der Waals surface area contributed by atoms with E-state index in [1.807, 2.05) is 24.4 Å². The lowest BCUT2D eigenvalue weighted by molar-refractivity contribution is 0.597. The number of primary sulfonamides is 1. The number of aliphatic imine (C=N–C) groups is 1. The van der Waals surface area contributed by atoms with Crippen molar-refractivity contribution in [2.45, 2.75) is 24.9 Å². The zero-order valence-electron chi connectivity index (χ0n) is 12.8. The standard InChI is InChI=1S/C15H20N4O2S2/c1-2-17-15(19-11-13-6-4-8-22-13)18-10-12-5-3-7-14(9-12)23(16,20)21/h3-9H,2,10-11H2,1H3,(H2,16,20,21)(H2,17,18,19). The van der Waals surface area contributed by atoms with Crippen molar-refractivity contribution in [2.24, 2.45) is 10.1 Å². The van der Waals surface area contributed by atoms with Crippen LogP contribution in [0.1, 0.15) is 17.4 Å². The molecular weight excluding hydrogens is 332 g/mol. The zero-order valence-corrected chi connectivity index (χ0v) is 14.5. The SMILES string of the molecule is CCNC(=NCc1cccc(S(N)(=O)=O)c1)NCc1cccs1. The maximum atomic E-state index is 11.4. The van der Waals surface area contributed by atoms with E-state index in [1.54, 1.807) is 23.5 Å². The molecule has 0 spiro atoms. The van der Waals surface area contributed by atoms with Crippen LogP contribution >= 0.6 is 11.3 Å². The van der Waals surface area contributed by atoms with Gasteiger partial charge in [-0.2, -0.15) is 0 Å². The number of nitrogens with zero attached hydrogens (tertiary/aromatic N) is 1. The second-order valence-corrected chi connectivity index (χ2v) is 7.41. The van der Waals surface area contributed by atoms with Crippen molar-refractivity contribution in [3.63, 3.8) is 0 Å². The molecule has 1 heterocycles. The highest BCUT2D eigenvalue weighted by Crippen LogP contribution is 2.11. The fourth-order valence-corrected chi connectivity index (χ4v) is 3.15. The van der Waals surface area contributed by atoms with E-state index in [0.29, 0.717) is 19.0 Å². The summed E-state index contributed by atoms with van der Waals surface area (Å²) in [6.45, 7) is 3.79. The topological polar surface area (TPSA) is 96.6 Å². The molecule has 0 aliphatic carbocycles. The van der Waals surface area contributed by atoms with E-state index < -0.39 is 10.0 Å². The summed E-state index contributed by atoms with van der Waals surface area (Å²) in [7, 11) is -3.69. The molecule has 124 valence electrons. The maximum absolute atomic E-state index is 11.4. The van der Waals surface area contributed by atoms with E-state index in [0.717, 1.165) is 12.1 Å². The second-order valence-electron chi connectivity index (χ2n) is 4.82. The Bertz CT molecular complexity index is 756. The van der Waals surface area contributed by atoms with Crippen molar-refractivity contribution in [3.05, 3.63) is 52.2 Å². The van der Waals surface area contributed by atoms with Crippen LogP contribution in [0.2, 0.25) is 0 Å². The Morgan fingerprint density at radius 1 is 1.26 bits per heavy atom. The fraction of sp³-hybridized carbons (Fsp3) is 0.267. The first-order valence-electron chi connectivity index (χ1n) is 7.15. The molecule has 0 radical (unpaired) electrons. The van der Waals surface area contributed by atoms with Crippen LogP contribution in [-0.4, -0.2) is 20.9 Å². The monoisotopic (exact) mass is 352 g/mol. The van der Waals surface area contributed by atoms with Crippen molar-refractivity contribution in [2.75, 3.05) is 6.54 Å². The van der Waals surface area contributed by atoms with Crippen LogP contribution in [-0.2, 0) is 23.1 Å². The fourth-order valence-electron chi connectivity index (χ4n) is 1.92. The van der Waals surface area contributed by atoms with Gasteiger partial charge in [-0.15, -0.1) is 11.3 Å². The summed E-state index contributed by atoms with van der Waals surface area (Å²) in [4.78, 5) is 5.78. The molecule has 1 aromatic carbocycles. The number of nitrogens with one attached hydrogen (secondary N) is 2. The van der Waals surface area contributed by atoms with E-state index in [1.165, 1.54) is 10.9 Å². The van der Waals surface area contributed by atoms with Crippen LogP contribution in [0.3, 0.4) is 0 Å². The number of sulfonamides is 1. The van der Waals surface area contributed by atoms with Gasteiger partial charge in [0.05, 0.1) is 18.0 Å². The molecule has 0 fully saturated rings. The number of guanidine groups is 1. The molecule has 6 nitrogen and oxygen atoms in total. The number of hydrogen-bond donors (Lipinski definition) is 3. The third-order valence-electron chi connectivity index (χ3n) is 3.00. The Labute approximate surface area is 140 Å². The average molecular weight is 352 g/mol. The summed E-state index contributed by atoms with van der Waals surface area (Å²) >= 11 is 1.68. The molecule has 0 saturated heterocycles. The first-order chi connectivity index (χ1) is 11.0. The molecule has 23 heavy (non-hydrogen) atoms. The number of thiophene rings is 1. The molecule has 1 aromatic heterocycles. The minimum Gasteiger partial charge on any atom is -0.357 e. The van der Waals surface area contributed by atoms with Gasteiger partial charge in [0.15, 0.2) is 5.96 Å². The summed E-state index contributed by atoms with van der Waals surface area (Å²) in [5.41, 5.74) is 0.782. The van der Waals surface area contributed by atoms with Gasteiger partial charge in [-0.05, 0) is 36.1 Å². The third kappa shape index (κ3) is 5.66. The van der Waals surface area contributed by atoms with E-state index >= 15 is 0 Å². The van der Waals surface area contributed by atoms with Gasteiger partial charge in [0.2, 0.25) is 10.0 Å². The van der Waals surface area contributed by atoms with Gasteiger partial charge in [0.25, 0.3) is 0 Å². The van der Waals surface area contributed by atoms with Gasteiger partial charge in [-0.1, -0.05) is 18.2 Å². The quantitative estimate of drug-likeness (QED) is 0.544. The average Bonchev–Trinajstić information content (AvgIpc) is 3.03. The summed E-state index contributed by atoms with van der Waals surface area (Å²) in [5.74, 6) is 0.682. The molecule has 2 aromatic rings. The lowest BCUT2D eigenvalue weighted by Gasteiger charge is -2.10. The van der Waals surface area contributed by atoms with E-state index in [-0.39, 0.29) is 4.90 Å². The Balaban J connectivity index is 2.05. The molecular formula is C15H20N4O2S2. The molecule has 4 N–H and O–H groups in total. The van der Waals surface area contributed by atoms with Gasteiger partial charge < -0.3 is 10.6 Å². The van der Waals surface area contributed by atoms with Gasteiger partial charge in [-0.3, -0.25) is 0 Å². The first kappa shape index (κ1) is 17.5. The number of hydrogen-bond acceptors (Lipinski definition) is 4. The normalized spacial score (nSPS) is 12.2. The highest BCUT2D eigenvalue weighted by molar-refractivity contribution is 7.89. The highest BCUT2D eigenvalue weighted by atomic mass is 32.2. The third-order valence-corrected chi connectivity index (χ3v) is 4.79. The molecule has 8 heteroatoms.